The lowest BCUT2D eigenvalue weighted by molar-refractivity contribution is -0.131. The fourth-order valence-electron chi connectivity index (χ4n) is 2.12. The molecule has 0 unspecified atom stereocenters. The average molecular weight is 283 g/mol. The normalized spacial score (nSPS) is 11.3. The van der Waals surface area contributed by atoms with Gasteiger partial charge < -0.3 is 9.84 Å². The summed E-state index contributed by atoms with van der Waals surface area (Å²) in [6.07, 6.45) is 4.57. The van der Waals surface area contributed by atoms with Crippen molar-refractivity contribution in [2.75, 3.05) is 7.11 Å². The fourth-order valence-corrected chi connectivity index (χ4v) is 2.12. The van der Waals surface area contributed by atoms with E-state index in [2.05, 4.69) is 4.98 Å². The summed E-state index contributed by atoms with van der Waals surface area (Å²) in [4.78, 5) is 15.0. The standard InChI is InChI=1S/C17H17NO3/c1-11-4-5-16(21-3)15(6-11)14-8-13(9-18-10-14)12(2)7-17(19)20/h4-10H,1-3H3,(H,19,20)/b12-7+. The van der Waals surface area contributed by atoms with Gasteiger partial charge in [-0.1, -0.05) is 11.6 Å². The van der Waals surface area contributed by atoms with Gasteiger partial charge in [0.15, 0.2) is 0 Å². The number of pyridine rings is 1. The Labute approximate surface area is 123 Å². The van der Waals surface area contributed by atoms with Gasteiger partial charge in [0.25, 0.3) is 0 Å². The Morgan fingerprint density at radius 1 is 1.29 bits per heavy atom. The Morgan fingerprint density at radius 2 is 2.05 bits per heavy atom. The number of carboxylic acid groups (broad SMARTS) is 1. The van der Waals surface area contributed by atoms with Crippen LogP contribution in [0.2, 0.25) is 0 Å². The average Bonchev–Trinajstić information content (AvgIpc) is 2.46. The Kier molecular flexibility index (Phi) is 4.38. The minimum atomic E-state index is -0.967. The van der Waals surface area contributed by atoms with Gasteiger partial charge in [0.1, 0.15) is 5.75 Å². The summed E-state index contributed by atoms with van der Waals surface area (Å²) in [6.45, 7) is 3.76. The molecule has 2 rings (SSSR count). The second-order valence-electron chi connectivity index (χ2n) is 4.83. The molecule has 0 aliphatic rings. The topological polar surface area (TPSA) is 59.4 Å². The summed E-state index contributed by atoms with van der Waals surface area (Å²) in [7, 11) is 1.63. The molecular formula is C17H17NO3. The van der Waals surface area contributed by atoms with Crippen molar-refractivity contribution >= 4 is 11.5 Å². The fraction of sp³-hybridized carbons (Fsp3) is 0.176. The lowest BCUT2D eigenvalue weighted by Crippen LogP contribution is -1.93. The number of hydrogen-bond donors (Lipinski definition) is 1. The van der Waals surface area contributed by atoms with E-state index in [0.29, 0.717) is 5.57 Å². The van der Waals surface area contributed by atoms with Crippen LogP contribution in [0.3, 0.4) is 0 Å². The van der Waals surface area contributed by atoms with Crippen molar-refractivity contribution in [2.45, 2.75) is 13.8 Å². The first kappa shape index (κ1) is 14.8. The van der Waals surface area contributed by atoms with Crippen LogP contribution in [0.5, 0.6) is 5.75 Å². The quantitative estimate of drug-likeness (QED) is 0.872. The number of hydrogen-bond acceptors (Lipinski definition) is 3. The molecule has 108 valence electrons. The largest absolute Gasteiger partial charge is 0.496 e. The summed E-state index contributed by atoms with van der Waals surface area (Å²) >= 11 is 0. The van der Waals surface area contributed by atoms with Gasteiger partial charge in [0, 0.05) is 29.6 Å². The molecule has 0 atom stereocenters. The minimum Gasteiger partial charge on any atom is -0.496 e. The SMILES string of the molecule is COc1ccc(C)cc1-c1cncc(/C(C)=C/C(=O)O)c1. The number of rotatable bonds is 4. The molecule has 0 amide bonds. The van der Waals surface area contributed by atoms with Gasteiger partial charge in [-0.3, -0.25) is 4.98 Å². The minimum absolute atomic E-state index is 0.656. The third kappa shape index (κ3) is 3.48. The molecule has 4 heteroatoms. The van der Waals surface area contributed by atoms with Crippen LogP contribution in [0.4, 0.5) is 0 Å². The van der Waals surface area contributed by atoms with Gasteiger partial charge in [-0.25, -0.2) is 4.79 Å². The number of ether oxygens (including phenoxy) is 1. The molecule has 1 heterocycles. The summed E-state index contributed by atoms with van der Waals surface area (Å²) < 4.78 is 5.38. The van der Waals surface area contributed by atoms with Gasteiger partial charge in [-0.15, -0.1) is 0 Å². The highest BCUT2D eigenvalue weighted by Crippen LogP contribution is 2.31. The smallest absolute Gasteiger partial charge is 0.328 e. The summed E-state index contributed by atoms with van der Waals surface area (Å²) in [5, 5.41) is 8.83. The van der Waals surface area contributed by atoms with Crippen LogP contribution in [0.1, 0.15) is 18.1 Å². The molecule has 21 heavy (non-hydrogen) atoms. The summed E-state index contributed by atoms with van der Waals surface area (Å²) in [5.41, 5.74) is 4.39. The summed E-state index contributed by atoms with van der Waals surface area (Å²) in [5.74, 6) is -0.203. The Morgan fingerprint density at radius 3 is 2.71 bits per heavy atom. The van der Waals surface area contributed by atoms with E-state index in [1.807, 2.05) is 31.2 Å². The number of benzene rings is 1. The predicted molar refractivity (Wildman–Crippen MR) is 82.2 cm³/mol. The maximum atomic E-state index is 10.8. The number of aryl methyl sites for hydroxylation is 1. The summed E-state index contributed by atoms with van der Waals surface area (Å²) in [6, 6.07) is 7.83. The zero-order valence-electron chi connectivity index (χ0n) is 12.3. The van der Waals surface area contributed by atoms with Gasteiger partial charge >= 0.3 is 5.97 Å². The van der Waals surface area contributed by atoms with E-state index in [0.717, 1.165) is 28.0 Å². The highest BCUT2D eigenvalue weighted by atomic mass is 16.5. The lowest BCUT2D eigenvalue weighted by Gasteiger charge is -2.10. The van der Waals surface area contributed by atoms with Gasteiger partial charge in [0.2, 0.25) is 0 Å². The van der Waals surface area contributed by atoms with Crippen LogP contribution in [0, 0.1) is 6.92 Å². The van der Waals surface area contributed by atoms with Crippen molar-refractivity contribution in [2.24, 2.45) is 0 Å². The molecule has 0 saturated heterocycles. The Hall–Kier alpha value is -2.62. The molecular weight excluding hydrogens is 266 g/mol. The van der Waals surface area contributed by atoms with Crippen LogP contribution >= 0.6 is 0 Å². The van der Waals surface area contributed by atoms with Gasteiger partial charge in [-0.05, 0) is 43.2 Å². The molecule has 2 aromatic rings. The highest BCUT2D eigenvalue weighted by Gasteiger charge is 2.08. The van der Waals surface area contributed by atoms with Gasteiger partial charge in [-0.2, -0.15) is 0 Å². The number of methoxy groups -OCH3 is 1. The first-order chi connectivity index (χ1) is 10.0. The second kappa shape index (κ2) is 6.22. The molecule has 4 nitrogen and oxygen atoms in total. The number of allylic oxidation sites excluding steroid dienone is 1. The molecule has 0 bridgehead atoms. The van der Waals surface area contributed by atoms with Crippen LogP contribution in [-0.2, 0) is 4.79 Å². The molecule has 1 N–H and O–H groups in total. The molecule has 0 saturated carbocycles. The van der Waals surface area contributed by atoms with E-state index in [9.17, 15) is 4.79 Å². The number of aromatic nitrogens is 1. The maximum absolute atomic E-state index is 10.8. The first-order valence-electron chi connectivity index (χ1n) is 6.53. The third-order valence-corrected chi connectivity index (χ3v) is 3.20. The van der Waals surface area contributed by atoms with E-state index >= 15 is 0 Å². The van der Waals surface area contributed by atoms with Crippen molar-refractivity contribution in [1.82, 2.24) is 4.98 Å². The van der Waals surface area contributed by atoms with Crippen LogP contribution < -0.4 is 4.74 Å². The van der Waals surface area contributed by atoms with Crippen molar-refractivity contribution in [3.05, 3.63) is 53.9 Å². The molecule has 0 spiro atoms. The third-order valence-electron chi connectivity index (χ3n) is 3.20. The molecule has 0 aliphatic heterocycles. The van der Waals surface area contributed by atoms with E-state index < -0.39 is 5.97 Å². The van der Waals surface area contributed by atoms with E-state index in [1.165, 1.54) is 6.08 Å². The Balaban J connectivity index is 2.52. The van der Waals surface area contributed by atoms with Crippen LogP contribution in [0.25, 0.3) is 16.7 Å². The van der Waals surface area contributed by atoms with Crippen molar-refractivity contribution in [1.29, 1.82) is 0 Å². The van der Waals surface area contributed by atoms with Crippen molar-refractivity contribution in [3.8, 4) is 16.9 Å². The van der Waals surface area contributed by atoms with Crippen molar-refractivity contribution in [3.63, 3.8) is 0 Å². The van der Waals surface area contributed by atoms with Crippen LogP contribution in [0.15, 0.2) is 42.7 Å². The first-order valence-corrected chi connectivity index (χ1v) is 6.53. The van der Waals surface area contributed by atoms with Gasteiger partial charge in [0.05, 0.1) is 7.11 Å². The Bertz CT molecular complexity index is 705. The second-order valence-corrected chi connectivity index (χ2v) is 4.83. The maximum Gasteiger partial charge on any atom is 0.328 e. The zero-order chi connectivity index (χ0) is 15.4. The molecule has 0 radical (unpaired) electrons. The lowest BCUT2D eigenvalue weighted by atomic mass is 10.0. The van der Waals surface area contributed by atoms with E-state index in [1.54, 1.807) is 26.4 Å². The number of aliphatic carboxylic acids is 1. The predicted octanol–water partition coefficient (Wildman–Crippen LogP) is 3.55. The zero-order valence-corrected chi connectivity index (χ0v) is 12.3. The highest BCUT2D eigenvalue weighted by molar-refractivity contribution is 5.90. The number of carbonyl (C=O) groups is 1. The number of nitrogens with zero attached hydrogens (tertiary/aromatic N) is 1. The molecule has 0 aliphatic carbocycles. The van der Waals surface area contributed by atoms with E-state index in [4.69, 9.17) is 9.84 Å². The van der Waals surface area contributed by atoms with E-state index in [-0.39, 0.29) is 0 Å². The molecule has 1 aromatic carbocycles. The number of carboxylic acids is 1. The molecule has 1 aromatic heterocycles. The van der Waals surface area contributed by atoms with Crippen molar-refractivity contribution < 1.29 is 14.6 Å². The molecule has 0 fully saturated rings. The van der Waals surface area contributed by atoms with Crippen LogP contribution in [-0.4, -0.2) is 23.2 Å². The monoisotopic (exact) mass is 283 g/mol.